The Kier molecular flexibility index (Phi) is 5.13. The number of rotatable bonds is 4. The van der Waals surface area contributed by atoms with Crippen molar-refractivity contribution < 1.29 is 4.74 Å². The minimum atomic E-state index is -0.359. The largest absolute Gasteiger partial charge is 0.497 e. The number of hydrazone groups is 1. The minimum Gasteiger partial charge on any atom is -0.497 e. The van der Waals surface area contributed by atoms with Gasteiger partial charge in [0.05, 0.1) is 18.5 Å². The van der Waals surface area contributed by atoms with Crippen molar-refractivity contribution in [2.45, 2.75) is 0 Å². The van der Waals surface area contributed by atoms with E-state index in [-0.39, 0.29) is 17.0 Å². The Morgan fingerprint density at radius 3 is 2.20 bits per heavy atom. The molecule has 7 heteroatoms. The van der Waals surface area contributed by atoms with Crippen LogP contribution in [0, 0.1) is 34.0 Å². The highest BCUT2D eigenvalue weighted by atomic mass is 16.5. The van der Waals surface area contributed by atoms with Crippen LogP contribution in [0.15, 0.2) is 40.6 Å². The predicted octanol–water partition coefficient (Wildman–Crippen LogP) is 1.25. The second kappa shape index (κ2) is 7.05. The van der Waals surface area contributed by atoms with Crippen LogP contribution in [0.2, 0.25) is 0 Å². The fourth-order valence-corrected chi connectivity index (χ4v) is 1.20. The fourth-order valence-electron chi connectivity index (χ4n) is 1.20. The van der Waals surface area contributed by atoms with Crippen LogP contribution in [0.3, 0.4) is 0 Å². The Balaban J connectivity index is 2.98. The van der Waals surface area contributed by atoms with Gasteiger partial charge in [-0.15, -0.1) is 0 Å². The number of hydrogen-bond donors (Lipinski definition) is 2. The summed E-state index contributed by atoms with van der Waals surface area (Å²) in [6, 6.07) is 11.7. The van der Waals surface area contributed by atoms with E-state index >= 15 is 0 Å². The monoisotopic (exact) mass is 266 g/mol. The van der Waals surface area contributed by atoms with E-state index in [1.807, 2.05) is 0 Å². The molecular formula is C13H10N6O. The van der Waals surface area contributed by atoms with Crippen LogP contribution < -0.4 is 15.9 Å². The molecule has 0 aliphatic carbocycles. The molecule has 0 radical (unpaired) electrons. The molecule has 0 amide bonds. The SMILES string of the molecule is COc1ccc(N/N=C(/C#N)C(N)=C(C#N)C#N)cc1. The van der Waals surface area contributed by atoms with Gasteiger partial charge in [0, 0.05) is 0 Å². The van der Waals surface area contributed by atoms with E-state index in [0.717, 1.165) is 0 Å². The maximum absolute atomic E-state index is 8.92. The van der Waals surface area contributed by atoms with Gasteiger partial charge in [-0.2, -0.15) is 20.9 Å². The molecule has 98 valence electrons. The topological polar surface area (TPSA) is 131 Å². The van der Waals surface area contributed by atoms with Gasteiger partial charge >= 0.3 is 0 Å². The molecule has 1 aromatic carbocycles. The van der Waals surface area contributed by atoms with Gasteiger partial charge in [0.25, 0.3) is 0 Å². The Hall–Kier alpha value is -3.50. The molecule has 0 saturated carbocycles. The molecule has 0 aromatic heterocycles. The summed E-state index contributed by atoms with van der Waals surface area (Å²) in [5.41, 5.74) is 7.87. The second-order valence-electron chi connectivity index (χ2n) is 3.42. The summed E-state index contributed by atoms with van der Waals surface area (Å²) < 4.78 is 5.00. The van der Waals surface area contributed by atoms with Crippen molar-refractivity contribution >= 4 is 11.4 Å². The lowest BCUT2D eigenvalue weighted by Crippen LogP contribution is -2.13. The molecule has 0 spiro atoms. The quantitative estimate of drug-likeness (QED) is 0.479. The van der Waals surface area contributed by atoms with Crippen molar-refractivity contribution in [1.82, 2.24) is 0 Å². The molecule has 0 atom stereocenters. The first-order valence-electron chi connectivity index (χ1n) is 5.34. The second-order valence-corrected chi connectivity index (χ2v) is 3.42. The van der Waals surface area contributed by atoms with Gasteiger partial charge in [-0.05, 0) is 24.3 Å². The van der Waals surface area contributed by atoms with Crippen LogP contribution in [0.5, 0.6) is 5.75 Å². The molecule has 0 aliphatic heterocycles. The smallest absolute Gasteiger partial charge is 0.185 e. The van der Waals surface area contributed by atoms with Crippen molar-refractivity contribution in [1.29, 1.82) is 15.8 Å². The van der Waals surface area contributed by atoms with Gasteiger partial charge < -0.3 is 10.5 Å². The van der Waals surface area contributed by atoms with Crippen molar-refractivity contribution in [3.8, 4) is 24.0 Å². The minimum absolute atomic E-state index is 0.237. The molecule has 0 heterocycles. The van der Waals surface area contributed by atoms with Crippen molar-refractivity contribution in [2.24, 2.45) is 10.8 Å². The lowest BCUT2D eigenvalue weighted by Gasteiger charge is -2.03. The Bertz CT molecular complexity index is 651. The summed E-state index contributed by atoms with van der Waals surface area (Å²) in [7, 11) is 1.55. The molecular weight excluding hydrogens is 256 g/mol. The summed E-state index contributed by atoms with van der Waals surface area (Å²) in [5, 5.41) is 30.0. The highest BCUT2D eigenvalue weighted by Crippen LogP contribution is 2.15. The number of nitrogens with zero attached hydrogens (tertiary/aromatic N) is 4. The van der Waals surface area contributed by atoms with Crippen LogP contribution in [-0.4, -0.2) is 12.8 Å². The van der Waals surface area contributed by atoms with E-state index < -0.39 is 0 Å². The van der Waals surface area contributed by atoms with Gasteiger partial charge in [-0.1, -0.05) is 0 Å². The van der Waals surface area contributed by atoms with Crippen LogP contribution in [0.1, 0.15) is 0 Å². The van der Waals surface area contributed by atoms with Gasteiger partial charge in [0.1, 0.15) is 24.0 Å². The number of anilines is 1. The summed E-state index contributed by atoms with van der Waals surface area (Å²) in [5.74, 6) is 0.677. The van der Waals surface area contributed by atoms with E-state index in [0.29, 0.717) is 11.4 Å². The first-order chi connectivity index (χ1) is 9.65. The zero-order valence-corrected chi connectivity index (χ0v) is 10.6. The van der Waals surface area contributed by atoms with Crippen molar-refractivity contribution in [2.75, 3.05) is 12.5 Å². The van der Waals surface area contributed by atoms with Crippen LogP contribution in [0.25, 0.3) is 0 Å². The number of ether oxygens (including phenoxy) is 1. The Morgan fingerprint density at radius 1 is 1.15 bits per heavy atom. The third-order valence-electron chi connectivity index (χ3n) is 2.24. The van der Waals surface area contributed by atoms with E-state index in [9.17, 15) is 0 Å². The summed E-state index contributed by atoms with van der Waals surface area (Å²) in [4.78, 5) is 0. The van der Waals surface area contributed by atoms with Crippen LogP contribution >= 0.6 is 0 Å². The number of benzene rings is 1. The maximum Gasteiger partial charge on any atom is 0.185 e. The average Bonchev–Trinajstić information content (AvgIpc) is 2.49. The van der Waals surface area contributed by atoms with Gasteiger partial charge in [0.15, 0.2) is 11.3 Å². The summed E-state index contributed by atoms with van der Waals surface area (Å²) in [6.07, 6.45) is 0. The number of nitrogens with one attached hydrogen (secondary N) is 1. The van der Waals surface area contributed by atoms with Gasteiger partial charge in [0.2, 0.25) is 0 Å². The zero-order chi connectivity index (χ0) is 15.0. The molecule has 0 unspecified atom stereocenters. The molecule has 0 fully saturated rings. The number of allylic oxidation sites excluding steroid dienone is 2. The summed E-state index contributed by atoms with van der Waals surface area (Å²) in [6.45, 7) is 0. The zero-order valence-electron chi connectivity index (χ0n) is 10.6. The lowest BCUT2D eigenvalue weighted by molar-refractivity contribution is 0.415. The fraction of sp³-hybridized carbons (Fsp3) is 0.0769. The van der Waals surface area contributed by atoms with Crippen LogP contribution in [0.4, 0.5) is 5.69 Å². The molecule has 3 N–H and O–H groups in total. The number of methoxy groups -OCH3 is 1. The molecule has 20 heavy (non-hydrogen) atoms. The molecule has 0 aliphatic rings. The van der Waals surface area contributed by atoms with Gasteiger partial charge in [-0.25, -0.2) is 0 Å². The van der Waals surface area contributed by atoms with Crippen molar-refractivity contribution in [3.05, 3.63) is 35.5 Å². The number of nitrogens with two attached hydrogens (primary N) is 1. The molecule has 1 rings (SSSR count). The van der Waals surface area contributed by atoms with Gasteiger partial charge in [-0.3, -0.25) is 5.43 Å². The molecule has 0 bridgehead atoms. The first kappa shape index (κ1) is 14.6. The third kappa shape index (κ3) is 3.49. The van der Waals surface area contributed by atoms with Crippen LogP contribution in [-0.2, 0) is 0 Å². The Morgan fingerprint density at radius 2 is 1.75 bits per heavy atom. The highest BCUT2D eigenvalue weighted by Gasteiger charge is 2.09. The maximum atomic E-state index is 8.92. The molecule has 0 saturated heterocycles. The number of hydrogen-bond acceptors (Lipinski definition) is 7. The van der Waals surface area contributed by atoms with E-state index in [1.54, 1.807) is 49.6 Å². The van der Waals surface area contributed by atoms with Crippen molar-refractivity contribution in [3.63, 3.8) is 0 Å². The standard InChI is InChI=1S/C13H10N6O/c1-20-11-4-2-10(3-5-11)18-19-12(8-16)13(17)9(6-14)7-15/h2-5,18H,17H2,1H3/b19-12-. The Labute approximate surface area is 115 Å². The number of nitriles is 3. The first-order valence-corrected chi connectivity index (χ1v) is 5.34. The van der Waals surface area contributed by atoms with E-state index in [4.69, 9.17) is 26.3 Å². The normalized spacial score (nSPS) is 9.60. The van der Waals surface area contributed by atoms with E-state index in [2.05, 4.69) is 10.5 Å². The molecule has 7 nitrogen and oxygen atoms in total. The lowest BCUT2D eigenvalue weighted by atomic mass is 10.2. The summed E-state index contributed by atoms with van der Waals surface area (Å²) >= 11 is 0. The third-order valence-corrected chi connectivity index (χ3v) is 2.24. The molecule has 1 aromatic rings. The highest BCUT2D eigenvalue weighted by molar-refractivity contribution is 6.12. The average molecular weight is 266 g/mol. The predicted molar refractivity (Wildman–Crippen MR) is 72.1 cm³/mol. The van der Waals surface area contributed by atoms with E-state index in [1.165, 1.54) is 0 Å².